The van der Waals surface area contributed by atoms with E-state index in [9.17, 15) is 0 Å². The summed E-state index contributed by atoms with van der Waals surface area (Å²) >= 11 is 1.68. The maximum atomic E-state index is 5.41. The van der Waals surface area contributed by atoms with Crippen molar-refractivity contribution in [2.24, 2.45) is 4.99 Å². The van der Waals surface area contributed by atoms with Crippen molar-refractivity contribution in [3.63, 3.8) is 0 Å². The fourth-order valence-electron chi connectivity index (χ4n) is 2.38. The Morgan fingerprint density at radius 2 is 2.17 bits per heavy atom. The molecule has 0 amide bonds. The molecule has 0 saturated heterocycles. The molecule has 0 saturated carbocycles. The highest BCUT2D eigenvalue weighted by Gasteiger charge is 2.12. The SMILES string of the molecule is CCNC(=NCc1ncc(C)s1)NCCc1ccc2c(c1)OCO2. The van der Waals surface area contributed by atoms with Gasteiger partial charge in [-0.3, -0.25) is 0 Å². The van der Waals surface area contributed by atoms with Gasteiger partial charge in [0.15, 0.2) is 17.5 Å². The summed E-state index contributed by atoms with van der Waals surface area (Å²) in [5.41, 5.74) is 1.21. The molecule has 0 bridgehead atoms. The van der Waals surface area contributed by atoms with Crippen molar-refractivity contribution in [2.45, 2.75) is 26.8 Å². The number of hydrogen-bond donors (Lipinski definition) is 2. The first-order valence-corrected chi connectivity index (χ1v) is 8.88. The van der Waals surface area contributed by atoms with Crippen LogP contribution in [0.4, 0.5) is 0 Å². The van der Waals surface area contributed by atoms with Gasteiger partial charge in [0.1, 0.15) is 5.01 Å². The molecule has 0 aliphatic carbocycles. The Bertz CT molecular complexity index is 714. The molecule has 0 fully saturated rings. The van der Waals surface area contributed by atoms with Gasteiger partial charge >= 0.3 is 0 Å². The van der Waals surface area contributed by atoms with Crippen molar-refractivity contribution < 1.29 is 9.47 Å². The third kappa shape index (κ3) is 4.38. The van der Waals surface area contributed by atoms with Crippen molar-refractivity contribution in [1.82, 2.24) is 15.6 Å². The summed E-state index contributed by atoms with van der Waals surface area (Å²) in [6, 6.07) is 6.06. The van der Waals surface area contributed by atoms with Crippen LogP contribution >= 0.6 is 11.3 Å². The van der Waals surface area contributed by atoms with Crippen molar-refractivity contribution >= 4 is 17.3 Å². The molecule has 24 heavy (non-hydrogen) atoms. The van der Waals surface area contributed by atoms with E-state index in [0.717, 1.165) is 42.0 Å². The van der Waals surface area contributed by atoms with Gasteiger partial charge in [0.05, 0.1) is 6.54 Å². The Morgan fingerprint density at radius 3 is 2.96 bits per heavy atom. The summed E-state index contributed by atoms with van der Waals surface area (Å²) in [7, 11) is 0. The third-order valence-electron chi connectivity index (χ3n) is 3.53. The standard InChI is InChI=1S/C17H22N4O2S/c1-3-18-17(21-10-16-20-9-12(2)24-16)19-7-6-13-4-5-14-15(8-13)23-11-22-14/h4-5,8-9H,3,6-7,10-11H2,1-2H3,(H2,18,19,21). The van der Waals surface area contributed by atoms with Gasteiger partial charge in [0.25, 0.3) is 0 Å². The van der Waals surface area contributed by atoms with Gasteiger partial charge < -0.3 is 20.1 Å². The highest BCUT2D eigenvalue weighted by Crippen LogP contribution is 2.32. The number of rotatable bonds is 6. The molecular formula is C17H22N4O2S. The Labute approximate surface area is 145 Å². The predicted molar refractivity (Wildman–Crippen MR) is 95.9 cm³/mol. The number of ether oxygens (including phenoxy) is 2. The second kappa shape index (κ2) is 8.01. The van der Waals surface area contributed by atoms with E-state index in [4.69, 9.17) is 9.47 Å². The molecule has 128 valence electrons. The van der Waals surface area contributed by atoms with Crippen molar-refractivity contribution in [1.29, 1.82) is 0 Å². The number of nitrogens with one attached hydrogen (secondary N) is 2. The van der Waals surface area contributed by atoms with E-state index >= 15 is 0 Å². The average molecular weight is 346 g/mol. The molecule has 0 radical (unpaired) electrons. The van der Waals surface area contributed by atoms with Crippen LogP contribution in [0.3, 0.4) is 0 Å². The number of nitrogens with zero attached hydrogens (tertiary/aromatic N) is 2. The van der Waals surface area contributed by atoms with E-state index in [1.807, 2.05) is 18.3 Å². The largest absolute Gasteiger partial charge is 0.454 e. The second-order valence-corrected chi connectivity index (χ2v) is 6.74. The zero-order valence-electron chi connectivity index (χ0n) is 14.0. The van der Waals surface area contributed by atoms with E-state index in [-0.39, 0.29) is 0 Å². The fraction of sp³-hybridized carbons (Fsp3) is 0.412. The number of aromatic nitrogens is 1. The van der Waals surface area contributed by atoms with Crippen LogP contribution in [-0.2, 0) is 13.0 Å². The van der Waals surface area contributed by atoms with E-state index in [0.29, 0.717) is 13.3 Å². The van der Waals surface area contributed by atoms with E-state index in [1.165, 1.54) is 10.4 Å². The molecule has 1 aliphatic heterocycles. The van der Waals surface area contributed by atoms with Gasteiger partial charge in [-0.25, -0.2) is 9.98 Å². The Balaban J connectivity index is 1.52. The lowest BCUT2D eigenvalue weighted by Crippen LogP contribution is -2.38. The third-order valence-corrected chi connectivity index (χ3v) is 4.43. The number of hydrogen-bond acceptors (Lipinski definition) is 5. The minimum absolute atomic E-state index is 0.310. The zero-order chi connectivity index (χ0) is 16.8. The van der Waals surface area contributed by atoms with Gasteiger partial charge in [-0.05, 0) is 38.0 Å². The number of benzene rings is 1. The summed E-state index contributed by atoms with van der Waals surface area (Å²) in [4.78, 5) is 10.1. The number of guanidine groups is 1. The first-order chi connectivity index (χ1) is 11.7. The molecule has 0 unspecified atom stereocenters. The topological polar surface area (TPSA) is 67.8 Å². The molecule has 1 aromatic carbocycles. The van der Waals surface area contributed by atoms with Crippen LogP contribution in [0.5, 0.6) is 11.5 Å². The summed E-state index contributed by atoms with van der Waals surface area (Å²) < 4.78 is 10.7. The molecule has 1 aliphatic rings. The monoisotopic (exact) mass is 346 g/mol. The van der Waals surface area contributed by atoms with E-state index in [1.54, 1.807) is 11.3 Å². The lowest BCUT2D eigenvalue weighted by atomic mass is 10.1. The molecule has 2 aromatic rings. The van der Waals surface area contributed by atoms with Gasteiger partial charge in [0, 0.05) is 24.2 Å². The summed E-state index contributed by atoms with van der Waals surface area (Å²) in [6.07, 6.45) is 2.77. The molecule has 2 N–H and O–H groups in total. The second-order valence-electron chi connectivity index (χ2n) is 5.42. The Kier molecular flexibility index (Phi) is 5.53. The highest BCUT2D eigenvalue weighted by molar-refractivity contribution is 7.11. The normalized spacial score (nSPS) is 13.2. The predicted octanol–water partition coefficient (Wildman–Crippen LogP) is 2.48. The summed E-state index contributed by atoms with van der Waals surface area (Å²) in [5, 5.41) is 7.64. The molecule has 0 spiro atoms. The molecule has 6 nitrogen and oxygen atoms in total. The Hall–Kier alpha value is -2.28. The first kappa shape index (κ1) is 16.6. The van der Waals surface area contributed by atoms with Gasteiger partial charge in [-0.2, -0.15) is 0 Å². The smallest absolute Gasteiger partial charge is 0.231 e. The molecule has 1 aromatic heterocycles. The Morgan fingerprint density at radius 1 is 1.29 bits per heavy atom. The fourth-order valence-corrected chi connectivity index (χ4v) is 3.10. The van der Waals surface area contributed by atoms with Crippen LogP contribution in [0.25, 0.3) is 0 Å². The first-order valence-electron chi connectivity index (χ1n) is 8.06. The highest BCUT2D eigenvalue weighted by atomic mass is 32.1. The van der Waals surface area contributed by atoms with Crippen molar-refractivity contribution in [3.05, 3.63) is 39.8 Å². The molecule has 7 heteroatoms. The van der Waals surface area contributed by atoms with E-state index < -0.39 is 0 Å². The molecule has 2 heterocycles. The number of thiazole rings is 1. The molecule has 3 rings (SSSR count). The van der Waals surface area contributed by atoms with Crippen LogP contribution < -0.4 is 20.1 Å². The lowest BCUT2D eigenvalue weighted by Gasteiger charge is -2.11. The average Bonchev–Trinajstić information content (AvgIpc) is 3.20. The number of fused-ring (bicyclic) bond motifs is 1. The van der Waals surface area contributed by atoms with Crippen molar-refractivity contribution in [3.8, 4) is 11.5 Å². The van der Waals surface area contributed by atoms with Crippen LogP contribution in [0.2, 0.25) is 0 Å². The maximum absolute atomic E-state index is 5.41. The van der Waals surface area contributed by atoms with Crippen LogP contribution in [0.15, 0.2) is 29.4 Å². The maximum Gasteiger partial charge on any atom is 0.231 e. The molecular weight excluding hydrogens is 324 g/mol. The lowest BCUT2D eigenvalue weighted by molar-refractivity contribution is 0.174. The minimum Gasteiger partial charge on any atom is -0.454 e. The van der Waals surface area contributed by atoms with Crippen LogP contribution in [0, 0.1) is 6.92 Å². The zero-order valence-corrected chi connectivity index (χ0v) is 14.8. The van der Waals surface area contributed by atoms with Crippen molar-refractivity contribution in [2.75, 3.05) is 19.9 Å². The quantitative estimate of drug-likeness (QED) is 0.621. The van der Waals surface area contributed by atoms with Crippen LogP contribution in [-0.4, -0.2) is 30.8 Å². The minimum atomic E-state index is 0.310. The molecule has 0 atom stereocenters. The summed E-state index contributed by atoms with van der Waals surface area (Å²) in [5.74, 6) is 2.46. The van der Waals surface area contributed by atoms with Gasteiger partial charge in [-0.15, -0.1) is 11.3 Å². The van der Waals surface area contributed by atoms with E-state index in [2.05, 4.69) is 40.5 Å². The number of aliphatic imine (C=N–C) groups is 1. The van der Waals surface area contributed by atoms with Gasteiger partial charge in [0.2, 0.25) is 6.79 Å². The number of aryl methyl sites for hydroxylation is 1. The van der Waals surface area contributed by atoms with Gasteiger partial charge in [-0.1, -0.05) is 6.07 Å². The summed E-state index contributed by atoms with van der Waals surface area (Å²) in [6.45, 7) is 6.64. The van der Waals surface area contributed by atoms with Crippen LogP contribution in [0.1, 0.15) is 22.4 Å².